The molecule has 2 rings (SSSR count). The van der Waals surface area contributed by atoms with E-state index in [2.05, 4.69) is 66.5 Å². The summed E-state index contributed by atoms with van der Waals surface area (Å²) in [6, 6.07) is 0. The van der Waals surface area contributed by atoms with Crippen molar-refractivity contribution in [2.24, 2.45) is 29.6 Å². The van der Waals surface area contributed by atoms with E-state index in [1.165, 1.54) is 231 Å². The number of hydrogen-bond acceptors (Lipinski definition) is 2. The quantitative estimate of drug-likeness (QED) is 0.0360. The topological polar surface area (TPSA) is 12.5 Å². The molecule has 0 aliphatic heterocycles. The van der Waals surface area contributed by atoms with Gasteiger partial charge in [-0.05, 0) is 121 Å². The molecule has 2 aliphatic carbocycles. The van der Waals surface area contributed by atoms with Gasteiger partial charge in [0.05, 0.1) is 6.26 Å². The Bertz CT molecular complexity index is 837. The van der Waals surface area contributed by atoms with E-state index in [9.17, 15) is 0 Å². The summed E-state index contributed by atoms with van der Waals surface area (Å²) in [7, 11) is 0. The predicted molar refractivity (Wildman–Crippen MR) is 256 cm³/mol. The van der Waals surface area contributed by atoms with Gasteiger partial charge in [0.15, 0.2) is 0 Å². The second-order valence-electron chi connectivity index (χ2n) is 19.0. The highest BCUT2D eigenvalue weighted by Gasteiger charge is 2.47. The number of ether oxygens (including phenoxy) is 1. The standard InChI is InChI=1S/C36H73N.C16H28O.C2H6/c1-6-10-14-15-18-24-33-37(32-23-13-9-4)34-25-19-16-17-22-27-35(5)28-26-31-36(29-20-11-7-2)30-21-12-8-3;1-5-17-16(3,4)12(2)15-11-13-9-7-6-8-10-14(13)15;1-2/h36H,5-34H2,1-4H3;5,12-15H,1,6-11H2,2-4H3;1-2H3. The number of rotatable bonds is 35. The summed E-state index contributed by atoms with van der Waals surface area (Å²) in [6.07, 6.45) is 46.8. The van der Waals surface area contributed by atoms with Gasteiger partial charge < -0.3 is 9.64 Å². The molecule has 0 spiro atoms. The molecular weight excluding hydrogens is 679 g/mol. The Hall–Kier alpha value is -0.760. The minimum atomic E-state index is -0.0519. The van der Waals surface area contributed by atoms with Crippen LogP contribution in [0.5, 0.6) is 0 Å². The third-order valence-corrected chi connectivity index (χ3v) is 14.0. The molecule has 4 unspecified atom stereocenters. The summed E-state index contributed by atoms with van der Waals surface area (Å²) >= 11 is 0. The molecule has 0 N–H and O–H groups in total. The van der Waals surface area contributed by atoms with Crippen LogP contribution in [0.25, 0.3) is 0 Å². The Labute approximate surface area is 356 Å². The third kappa shape index (κ3) is 27.8. The molecule has 0 aromatic carbocycles. The van der Waals surface area contributed by atoms with Crippen LogP contribution in [0.15, 0.2) is 25.0 Å². The lowest BCUT2D eigenvalue weighted by Gasteiger charge is -2.51. The van der Waals surface area contributed by atoms with Gasteiger partial charge in [-0.25, -0.2) is 0 Å². The van der Waals surface area contributed by atoms with Crippen molar-refractivity contribution in [2.75, 3.05) is 19.6 Å². The Morgan fingerprint density at radius 1 is 0.625 bits per heavy atom. The van der Waals surface area contributed by atoms with Crippen LogP contribution in [0.1, 0.15) is 268 Å². The van der Waals surface area contributed by atoms with Crippen molar-refractivity contribution in [1.29, 1.82) is 0 Å². The Morgan fingerprint density at radius 3 is 1.64 bits per heavy atom. The molecule has 0 aromatic rings. The Kier molecular flexibility index (Phi) is 37.9. The SMILES string of the molecule is C=C(CCCCCCCN(CCCCC)CCCCCCCC)CCCC(CCCCC)CCCCC.C=COC(C)(C)C(C)C1CC2CCCCCC21.CC. The average Bonchev–Trinajstić information content (AvgIpc) is 3.37. The zero-order valence-electron chi connectivity index (χ0n) is 40.5. The van der Waals surface area contributed by atoms with Gasteiger partial charge in [0.25, 0.3) is 0 Å². The number of hydrogen-bond donors (Lipinski definition) is 0. The van der Waals surface area contributed by atoms with Gasteiger partial charge in [0.1, 0.15) is 5.60 Å². The highest BCUT2D eigenvalue weighted by atomic mass is 16.5. The summed E-state index contributed by atoms with van der Waals surface area (Å²) in [5.74, 6) is 4.52. The lowest BCUT2D eigenvalue weighted by atomic mass is 9.56. The lowest BCUT2D eigenvalue weighted by molar-refractivity contribution is -0.0780. The minimum Gasteiger partial charge on any atom is -0.496 e. The Morgan fingerprint density at radius 2 is 1.07 bits per heavy atom. The summed E-state index contributed by atoms with van der Waals surface area (Å²) in [5.41, 5.74) is 1.48. The molecule has 56 heavy (non-hydrogen) atoms. The van der Waals surface area contributed by atoms with Crippen LogP contribution in [0.2, 0.25) is 0 Å². The van der Waals surface area contributed by atoms with Crippen LogP contribution in [0.3, 0.4) is 0 Å². The predicted octanol–water partition coefficient (Wildman–Crippen LogP) is 18.5. The molecule has 0 aromatic heterocycles. The second kappa shape index (κ2) is 38.4. The number of unbranched alkanes of at least 4 members (excludes halogenated alkanes) is 15. The number of allylic oxidation sites excluding steroid dienone is 1. The van der Waals surface area contributed by atoms with E-state index < -0.39 is 0 Å². The van der Waals surface area contributed by atoms with Crippen molar-refractivity contribution in [3.05, 3.63) is 25.0 Å². The first-order chi connectivity index (χ1) is 27.2. The zero-order valence-corrected chi connectivity index (χ0v) is 40.5. The Balaban J connectivity index is 0.00000131. The third-order valence-electron chi connectivity index (χ3n) is 14.0. The summed E-state index contributed by atoms with van der Waals surface area (Å²) in [6.45, 7) is 32.2. The maximum atomic E-state index is 5.72. The van der Waals surface area contributed by atoms with E-state index in [1.54, 1.807) is 6.26 Å². The second-order valence-corrected chi connectivity index (χ2v) is 19.0. The van der Waals surface area contributed by atoms with Gasteiger partial charge in [-0.15, -0.1) is 0 Å². The summed E-state index contributed by atoms with van der Waals surface area (Å²) < 4.78 is 5.72. The normalized spacial score (nSPS) is 18.5. The largest absolute Gasteiger partial charge is 0.496 e. The van der Waals surface area contributed by atoms with Crippen LogP contribution in [-0.2, 0) is 4.74 Å². The van der Waals surface area contributed by atoms with E-state index in [1.807, 2.05) is 13.8 Å². The van der Waals surface area contributed by atoms with Crippen LogP contribution >= 0.6 is 0 Å². The maximum absolute atomic E-state index is 5.72. The first-order valence-corrected chi connectivity index (χ1v) is 25.9. The molecular formula is C54H107NO. The van der Waals surface area contributed by atoms with E-state index in [0.717, 1.165) is 23.7 Å². The molecule has 0 radical (unpaired) electrons. The van der Waals surface area contributed by atoms with Crippen molar-refractivity contribution in [3.63, 3.8) is 0 Å². The maximum Gasteiger partial charge on any atom is 0.105 e. The molecule has 0 saturated heterocycles. The van der Waals surface area contributed by atoms with Gasteiger partial charge in [0.2, 0.25) is 0 Å². The van der Waals surface area contributed by atoms with Crippen molar-refractivity contribution in [2.45, 2.75) is 273 Å². The molecule has 2 nitrogen and oxygen atoms in total. The van der Waals surface area contributed by atoms with Crippen molar-refractivity contribution >= 4 is 0 Å². The van der Waals surface area contributed by atoms with Crippen LogP contribution in [0.4, 0.5) is 0 Å². The first kappa shape index (κ1) is 55.2. The molecule has 2 aliphatic rings. The molecule has 2 heteroatoms. The van der Waals surface area contributed by atoms with Gasteiger partial charge >= 0.3 is 0 Å². The van der Waals surface area contributed by atoms with Crippen LogP contribution in [-0.4, -0.2) is 30.1 Å². The van der Waals surface area contributed by atoms with Crippen molar-refractivity contribution in [3.8, 4) is 0 Å². The molecule has 2 fully saturated rings. The lowest BCUT2D eigenvalue weighted by Crippen LogP contribution is -2.47. The monoisotopic (exact) mass is 786 g/mol. The van der Waals surface area contributed by atoms with E-state index >= 15 is 0 Å². The molecule has 0 heterocycles. The van der Waals surface area contributed by atoms with Gasteiger partial charge in [-0.1, -0.05) is 215 Å². The zero-order chi connectivity index (χ0) is 41.7. The first-order valence-electron chi connectivity index (χ1n) is 25.9. The summed E-state index contributed by atoms with van der Waals surface area (Å²) in [5, 5.41) is 0. The van der Waals surface area contributed by atoms with Gasteiger partial charge in [0, 0.05) is 0 Å². The van der Waals surface area contributed by atoms with Crippen LogP contribution in [0, 0.1) is 29.6 Å². The highest BCUT2D eigenvalue weighted by molar-refractivity contribution is 4.97. The number of nitrogens with zero attached hydrogens (tertiary/aromatic N) is 1. The number of fused-ring (bicyclic) bond motifs is 1. The van der Waals surface area contributed by atoms with Crippen LogP contribution < -0.4 is 0 Å². The fourth-order valence-corrected chi connectivity index (χ4v) is 9.85. The van der Waals surface area contributed by atoms with Crippen molar-refractivity contribution in [1.82, 2.24) is 4.90 Å². The average molecular weight is 786 g/mol. The fraction of sp³-hybridized carbons (Fsp3) is 0.926. The molecule has 2 saturated carbocycles. The van der Waals surface area contributed by atoms with Gasteiger partial charge in [-0.2, -0.15) is 0 Å². The van der Waals surface area contributed by atoms with Crippen molar-refractivity contribution < 1.29 is 4.74 Å². The van der Waals surface area contributed by atoms with E-state index in [4.69, 9.17) is 4.74 Å². The molecule has 334 valence electrons. The van der Waals surface area contributed by atoms with E-state index in [-0.39, 0.29) is 5.60 Å². The highest BCUT2D eigenvalue weighted by Crippen LogP contribution is 2.53. The van der Waals surface area contributed by atoms with E-state index in [0.29, 0.717) is 5.92 Å². The summed E-state index contributed by atoms with van der Waals surface area (Å²) in [4.78, 5) is 2.79. The fourth-order valence-electron chi connectivity index (χ4n) is 9.85. The smallest absolute Gasteiger partial charge is 0.105 e. The minimum absolute atomic E-state index is 0.0519. The molecule has 0 bridgehead atoms. The molecule has 4 atom stereocenters. The molecule has 0 amide bonds. The van der Waals surface area contributed by atoms with Gasteiger partial charge in [-0.3, -0.25) is 0 Å².